The molecule has 1 saturated carbocycles. The molecule has 1 N–H and O–H groups in total. The van der Waals surface area contributed by atoms with E-state index in [1.807, 2.05) is 18.2 Å². The van der Waals surface area contributed by atoms with Crippen LogP contribution in [0.2, 0.25) is 5.04 Å². The Kier molecular flexibility index (Phi) is 9.26. The van der Waals surface area contributed by atoms with Gasteiger partial charge in [0.05, 0.1) is 18.8 Å². The van der Waals surface area contributed by atoms with E-state index in [1.54, 1.807) is 0 Å². The molecule has 6 rings (SSSR count). The molecule has 3 nitrogen and oxygen atoms in total. The van der Waals surface area contributed by atoms with Gasteiger partial charge < -0.3 is 14.3 Å². The maximum Gasteiger partial charge on any atom is 0.261 e. The lowest BCUT2D eigenvalue weighted by molar-refractivity contribution is -0.0197. The third kappa shape index (κ3) is 5.83. The molecule has 0 bridgehead atoms. The van der Waals surface area contributed by atoms with Crippen LogP contribution in [0.4, 0.5) is 0 Å². The predicted octanol–water partition coefficient (Wildman–Crippen LogP) is 7.88. The maximum atomic E-state index is 11.3. The SMILES string of the molecule is C=C1[C@@H](COC(c2ccccc2)(c2ccccc2)c2ccccc2)[C@H](O[Si](c2ccccc2)(c2ccccc2)C(C)(C)C)C[C@@H]1O. The van der Waals surface area contributed by atoms with Gasteiger partial charge >= 0.3 is 0 Å². The molecular formula is C42H44O3Si. The van der Waals surface area contributed by atoms with Crippen LogP contribution in [0.5, 0.6) is 0 Å². The Hall–Kier alpha value is -4.06. The number of aliphatic hydroxyl groups is 1. The van der Waals surface area contributed by atoms with E-state index in [0.717, 1.165) is 22.3 Å². The Morgan fingerprint density at radius 1 is 0.630 bits per heavy atom. The third-order valence-corrected chi connectivity index (χ3v) is 14.6. The molecule has 5 aromatic carbocycles. The van der Waals surface area contributed by atoms with Gasteiger partial charge in [0.25, 0.3) is 8.32 Å². The highest BCUT2D eigenvalue weighted by Crippen LogP contribution is 2.45. The van der Waals surface area contributed by atoms with E-state index in [9.17, 15) is 5.11 Å². The Morgan fingerprint density at radius 3 is 1.37 bits per heavy atom. The Morgan fingerprint density at radius 2 is 1.00 bits per heavy atom. The van der Waals surface area contributed by atoms with Gasteiger partial charge in [0.15, 0.2) is 0 Å². The van der Waals surface area contributed by atoms with Crippen molar-refractivity contribution >= 4 is 18.7 Å². The molecule has 0 aromatic heterocycles. The molecule has 0 amide bonds. The van der Waals surface area contributed by atoms with Crippen LogP contribution in [0, 0.1) is 5.92 Å². The minimum absolute atomic E-state index is 0.197. The largest absolute Gasteiger partial charge is 0.404 e. The molecule has 1 aliphatic carbocycles. The molecule has 1 aliphatic rings. The summed E-state index contributed by atoms with van der Waals surface area (Å²) < 4.78 is 14.9. The summed E-state index contributed by atoms with van der Waals surface area (Å²) in [6.07, 6.45) is -0.475. The van der Waals surface area contributed by atoms with Crippen LogP contribution >= 0.6 is 0 Å². The van der Waals surface area contributed by atoms with Gasteiger partial charge in [-0.3, -0.25) is 0 Å². The van der Waals surface area contributed by atoms with Gasteiger partial charge in [0.1, 0.15) is 5.60 Å². The van der Waals surface area contributed by atoms with Crippen molar-refractivity contribution in [2.75, 3.05) is 6.61 Å². The summed E-state index contributed by atoms with van der Waals surface area (Å²) in [5, 5.41) is 13.6. The van der Waals surface area contributed by atoms with Crippen molar-refractivity contribution in [3.05, 3.63) is 181 Å². The molecule has 234 valence electrons. The van der Waals surface area contributed by atoms with Crippen molar-refractivity contribution in [3.8, 4) is 0 Å². The van der Waals surface area contributed by atoms with Crippen LogP contribution in [0.15, 0.2) is 164 Å². The molecule has 3 atom stereocenters. The third-order valence-electron chi connectivity index (χ3n) is 9.57. The number of hydrogen-bond donors (Lipinski definition) is 1. The topological polar surface area (TPSA) is 38.7 Å². The van der Waals surface area contributed by atoms with Crippen LogP contribution in [0.1, 0.15) is 43.9 Å². The standard InChI is InChI=1S/C42H44O3Si/c1-32-38(31-44-42(33-20-10-5-11-21-33,34-22-12-6-13-23-34)35-24-14-7-15-25-35)40(30-39(32)43)45-46(41(2,3)4,36-26-16-8-17-27-36)37-28-18-9-19-29-37/h5-29,38-40,43H,1,30-31H2,2-4H3/t38-,39+,40-/m1/s1. The summed E-state index contributed by atoms with van der Waals surface area (Å²) in [6, 6.07) is 52.7. The molecule has 0 radical (unpaired) electrons. The van der Waals surface area contributed by atoms with E-state index >= 15 is 0 Å². The highest BCUT2D eigenvalue weighted by Gasteiger charge is 2.54. The Bertz CT molecular complexity index is 1560. The lowest BCUT2D eigenvalue weighted by Gasteiger charge is -2.46. The zero-order chi connectivity index (χ0) is 32.2. The van der Waals surface area contributed by atoms with Crippen LogP contribution in [0.3, 0.4) is 0 Å². The molecular weight excluding hydrogens is 581 g/mol. The van der Waals surface area contributed by atoms with Crippen LogP contribution in [0.25, 0.3) is 0 Å². The second-order valence-electron chi connectivity index (χ2n) is 13.3. The van der Waals surface area contributed by atoms with Crippen LogP contribution in [-0.4, -0.2) is 32.2 Å². The minimum Gasteiger partial charge on any atom is -0.404 e. The fourth-order valence-corrected chi connectivity index (χ4v) is 12.0. The first-order valence-corrected chi connectivity index (χ1v) is 18.1. The summed E-state index contributed by atoms with van der Waals surface area (Å²) in [7, 11) is -2.89. The second-order valence-corrected chi connectivity index (χ2v) is 17.6. The lowest BCUT2D eigenvalue weighted by atomic mass is 9.80. The number of rotatable bonds is 10. The van der Waals surface area contributed by atoms with Gasteiger partial charge in [-0.15, -0.1) is 0 Å². The van der Waals surface area contributed by atoms with Gasteiger partial charge in [-0.25, -0.2) is 0 Å². The minimum atomic E-state index is -2.89. The van der Waals surface area contributed by atoms with Gasteiger partial charge in [-0.1, -0.05) is 179 Å². The van der Waals surface area contributed by atoms with E-state index in [0.29, 0.717) is 13.0 Å². The second kappa shape index (κ2) is 13.3. The quantitative estimate of drug-likeness (QED) is 0.0976. The number of hydrogen-bond acceptors (Lipinski definition) is 3. The average Bonchev–Trinajstić information content (AvgIpc) is 3.36. The molecule has 5 aromatic rings. The van der Waals surface area contributed by atoms with Crippen molar-refractivity contribution in [1.29, 1.82) is 0 Å². The summed E-state index contributed by atoms with van der Waals surface area (Å²) in [5.74, 6) is -0.216. The van der Waals surface area contributed by atoms with Crippen molar-refractivity contribution in [1.82, 2.24) is 0 Å². The maximum absolute atomic E-state index is 11.3. The first-order valence-electron chi connectivity index (χ1n) is 16.2. The van der Waals surface area contributed by atoms with E-state index in [4.69, 9.17) is 9.16 Å². The molecule has 0 spiro atoms. The number of ether oxygens (including phenoxy) is 1. The molecule has 1 fully saturated rings. The van der Waals surface area contributed by atoms with Crippen molar-refractivity contribution in [2.45, 2.75) is 50.0 Å². The summed E-state index contributed by atoms with van der Waals surface area (Å²) >= 11 is 0. The van der Waals surface area contributed by atoms with Crippen molar-refractivity contribution in [3.63, 3.8) is 0 Å². The molecule has 46 heavy (non-hydrogen) atoms. The van der Waals surface area contributed by atoms with Crippen molar-refractivity contribution in [2.24, 2.45) is 5.92 Å². The highest BCUT2D eigenvalue weighted by atomic mass is 28.4. The Balaban J connectivity index is 1.45. The van der Waals surface area contributed by atoms with Crippen LogP contribution < -0.4 is 10.4 Å². The summed E-state index contributed by atoms with van der Waals surface area (Å²) in [5.41, 5.74) is 3.02. The fraction of sp³-hybridized carbons (Fsp3) is 0.238. The first-order chi connectivity index (χ1) is 22.3. The van der Waals surface area contributed by atoms with E-state index in [-0.39, 0.29) is 17.1 Å². The fourth-order valence-electron chi connectivity index (χ4n) is 7.27. The lowest BCUT2D eigenvalue weighted by Crippen LogP contribution is -2.68. The van der Waals surface area contributed by atoms with E-state index in [2.05, 4.69) is 161 Å². The average molecular weight is 625 g/mol. The number of aliphatic hydroxyl groups excluding tert-OH is 1. The highest BCUT2D eigenvalue weighted by molar-refractivity contribution is 6.99. The van der Waals surface area contributed by atoms with E-state index in [1.165, 1.54) is 10.4 Å². The monoisotopic (exact) mass is 624 g/mol. The Labute approximate surface area is 275 Å². The van der Waals surface area contributed by atoms with E-state index < -0.39 is 20.0 Å². The molecule has 0 saturated heterocycles. The predicted molar refractivity (Wildman–Crippen MR) is 191 cm³/mol. The summed E-state index contributed by atoms with van der Waals surface area (Å²) in [6.45, 7) is 11.6. The molecule has 0 aliphatic heterocycles. The number of benzene rings is 5. The van der Waals surface area contributed by atoms with Gasteiger partial charge in [0.2, 0.25) is 0 Å². The van der Waals surface area contributed by atoms with Gasteiger partial charge in [0, 0.05) is 12.3 Å². The zero-order valence-corrected chi connectivity index (χ0v) is 28.1. The molecule has 0 unspecified atom stereocenters. The smallest absolute Gasteiger partial charge is 0.261 e. The summed E-state index contributed by atoms with van der Waals surface area (Å²) in [4.78, 5) is 0. The first kappa shape index (κ1) is 31.9. The zero-order valence-electron chi connectivity index (χ0n) is 27.1. The molecule has 0 heterocycles. The molecule has 4 heteroatoms. The normalized spacial score (nSPS) is 18.9. The van der Waals surface area contributed by atoms with Crippen molar-refractivity contribution < 1.29 is 14.3 Å². The van der Waals surface area contributed by atoms with Gasteiger partial charge in [-0.2, -0.15) is 0 Å². The van der Waals surface area contributed by atoms with Gasteiger partial charge in [-0.05, 0) is 37.7 Å². The van der Waals surface area contributed by atoms with Crippen LogP contribution in [-0.2, 0) is 14.8 Å².